The van der Waals surface area contributed by atoms with Crippen LogP contribution in [0.25, 0.3) is 11.6 Å². The molecule has 0 fully saturated rings. The van der Waals surface area contributed by atoms with Crippen molar-refractivity contribution in [3.05, 3.63) is 52.6 Å². The van der Waals surface area contributed by atoms with Gasteiger partial charge >= 0.3 is 0 Å². The Morgan fingerprint density at radius 3 is 2.18 bits per heavy atom. The zero-order valence-corrected chi connectivity index (χ0v) is 20.2. The number of ether oxygens (including phenoxy) is 4. The van der Waals surface area contributed by atoms with Crippen LogP contribution in [-0.2, 0) is 6.61 Å². The van der Waals surface area contributed by atoms with E-state index in [1.165, 1.54) is 34.5 Å². The highest BCUT2D eigenvalue weighted by atomic mass is 16.5. The fourth-order valence-electron chi connectivity index (χ4n) is 4.03. The second kappa shape index (κ2) is 11.1. The zero-order chi connectivity index (χ0) is 24.8. The summed E-state index contributed by atoms with van der Waals surface area (Å²) in [6.07, 6.45) is 5.65. The van der Waals surface area contributed by atoms with E-state index in [0.29, 0.717) is 40.4 Å². The Hall–Kier alpha value is -3.49. The van der Waals surface area contributed by atoms with Gasteiger partial charge in [0.05, 0.1) is 35.0 Å². The summed E-state index contributed by atoms with van der Waals surface area (Å²) in [4.78, 5) is 15.4. The second-order valence-corrected chi connectivity index (χ2v) is 7.89. The van der Waals surface area contributed by atoms with Crippen LogP contribution in [-0.4, -0.2) is 69.5 Å². The highest BCUT2D eigenvalue weighted by Crippen LogP contribution is 2.41. The summed E-state index contributed by atoms with van der Waals surface area (Å²) >= 11 is 0. The van der Waals surface area contributed by atoms with E-state index < -0.39 is 5.78 Å². The summed E-state index contributed by atoms with van der Waals surface area (Å²) in [6, 6.07) is 5.03. The minimum atomic E-state index is -0.442. The molecule has 1 aliphatic rings. The number of phenolic OH excluding ortho intramolecular Hbond substituents is 1. The number of hydrogen-bond donors (Lipinski definition) is 2. The molecule has 0 spiro atoms. The number of carbonyl (C=O) groups excluding carboxylic acids is 1. The lowest BCUT2D eigenvalue weighted by atomic mass is 9.90. The van der Waals surface area contributed by atoms with Gasteiger partial charge in [-0.1, -0.05) is 12.2 Å². The number of ketones is 1. The van der Waals surface area contributed by atoms with Gasteiger partial charge in [-0.05, 0) is 54.4 Å². The number of nitrogens with zero attached hydrogens (tertiary/aromatic N) is 1. The molecule has 0 amide bonds. The van der Waals surface area contributed by atoms with E-state index in [4.69, 9.17) is 18.9 Å². The SMILES string of the molecule is COc1cc(/C=C/C(=O)c2c(OC)cc(CO)c(C3=CCN(C)CC3)c2O)cc(OC)c1OC. The Morgan fingerprint density at radius 1 is 1.03 bits per heavy atom. The summed E-state index contributed by atoms with van der Waals surface area (Å²) < 4.78 is 21.5. The molecule has 0 saturated heterocycles. The molecule has 34 heavy (non-hydrogen) atoms. The van der Waals surface area contributed by atoms with E-state index in [1.807, 2.05) is 13.1 Å². The number of aromatic hydroxyl groups is 1. The average molecular weight is 470 g/mol. The molecule has 0 aromatic heterocycles. The highest BCUT2D eigenvalue weighted by Gasteiger charge is 2.25. The molecule has 2 N–H and O–H groups in total. The van der Waals surface area contributed by atoms with Crippen molar-refractivity contribution in [2.75, 3.05) is 48.6 Å². The van der Waals surface area contributed by atoms with Crippen LogP contribution in [0.4, 0.5) is 0 Å². The number of allylic oxidation sites excluding steroid dienone is 1. The largest absolute Gasteiger partial charge is 0.506 e. The van der Waals surface area contributed by atoms with E-state index >= 15 is 0 Å². The molecule has 3 rings (SSSR count). The Labute approximate surface area is 199 Å². The summed E-state index contributed by atoms with van der Waals surface area (Å²) in [5.74, 6) is 0.916. The molecule has 0 unspecified atom stereocenters. The molecule has 1 aliphatic heterocycles. The third-order valence-corrected chi connectivity index (χ3v) is 5.83. The molecule has 0 aliphatic carbocycles. The van der Waals surface area contributed by atoms with Crippen molar-refractivity contribution in [1.82, 2.24) is 4.90 Å². The Morgan fingerprint density at radius 2 is 1.68 bits per heavy atom. The number of methoxy groups -OCH3 is 4. The first-order valence-corrected chi connectivity index (χ1v) is 10.8. The molecule has 0 saturated carbocycles. The number of benzene rings is 2. The first kappa shape index (κ1) is 25.1. The molecule has 2 aromatic carbocycles. The van der Waals surface area contributed by atoms with Gasteiger partial charge in [0.15, 0.2) is 17.3 Å². The van der Waals surface area contributed by atoms with Crippen molar-refractivity contribution in [3.63, 3.8) is 0 Å². The summed E-state index contributed by atoms with van der Waals surface area (Å²) in [7, 11) is 7.98. The van der Waals surface area contributed by atoms with Crippen LogP contribution in [0.2, 0.25) is 0 Å². The van der Waals surface area contributed by atoms with Crippen LogP contribution in [0.5, 0.6) is 28.7 Å². The third-order valence-electron chi connectivity index (χ3n) is 5.83. The number of hydrogen-bond acceptors (Lipinski definition) is 8. The third kappa shape index (κ3) is 5.03. The van der Waals surface area contributed by atoms with Gasteiger partial charge in [0.2, 0.25) is 5.75 Å². The van der Waals surface area contributed by atoms with E-state index in [2.05, 4.69) is 4.90 Å². The lowest BCUT2D eigenvalue weighted by molar-refractivity contribution is 0.104. The van der Waals surface area contributed by atoms with Crippen molar-refractivity contribution < 1.29 is 34.0 Å². The molecule has 0 bridgehead atoms. The van der Waals surface area contributed by atoms with Crippen molar-refractivity contribution in [1.29, 1.82) is 0 Å². The minimum Gasteiger partial charge on any atom is -0.506 e. The summed E-state index contributed by atoms with van der Waals surface area (Å²) in [6.45, 7) is 1.24. The maximum absolute atomic E-state index is 13.2. The number of aliphatic hydroxyl groups excluding tert-OH is 1. The van der Waals surface area contributed by atoms with Gasteiger partial charge in [0.25, 0.3) is 0 Å². The minimum absolute atomic E-state index is 0.0400. The first-order chi connectivity index (χ1) is 16.4. The predicted molar refractivity (Wildman–Crippen MR) is 130 cm³/mol. The highest BCUT2D eigenvalue weighted by molar-refractivity contribution is 6.11. The number of aliphatic hydroxyl groups is 1. The van der Waals surface area contributed by atoms with Gasteiger partial charge in [-0.25, -0.2) is 0 Å². The van der Waals surface area contributed by atoms with Crippen molar-refractivity contribution in [2.45, 2.75) is 13.0 Å². The van der Waals surface area contributed by atoms with Crippen molar-refractivity contribution >= 4 is 17.4 Å². The van der Waals surface area contributed by atoms with Crippen LogP contribution in [0.1, 0.15) is 33.5 Å². The average Bonchev–Trinajstić information content (AvgIpc) is 2.86. The van der Waals surface area contributed by atoms with Crippen LogP contribution < -0.4 is 18.9 Å². The van der Waals surface area contributed by atoms with Gasteiger partial charge in [-0.2, -0.15) is 0 Å². The van der Waals surface area contributed by atoms with E-state index in [-0.39, 0.29) is 23.7 Å². The molecule has 0 radical (unpaired) electrons. The molecular formula is C26H31NO7. The van der Waals surface area contributed by atoms with Crippen LogP contribution in [0.3, 0.4) is 0 Å². The standard InChI is InChI=1S/C26H31NO7/c1-27-10-8-17(9-11-27)23-18(15-28)14-20(31-2)24(25(23)30)19(29)7-6-16-12-21(32-3)26(34-5)22(13-16)33-4/h6-8,12-14,28,30H,9-11,15H2,1-5H3/b7-6+. The van der Waals surface area contributed by atoms with Crippen LogP contribution in [0, 0.1) is 0 Å². The Balaban J connectivity index is 2.05. The molecule has 2 aromatic rings. The number of likely N-dealkylation sites (N-methyl/N-ethyl adjacent to an activating group) is 1. The van der Waals surface area contributed by atoms with Crippen molar-refractivity contribution in [3.8, 4) is 28.7 Å². The van der Waals surface area contributed by atoms with Crippen LogP contribution >= 0.6 is 0 Å². The number of carbonyl (C=O) groups is 1. The van der Waals surface area contributed by atoms with Crippen LogP contribution in [0.15, 0.2) is 30.4 Å². The van der Waals surface area contributed by atoms with Gasteiger partial charge in [-0.15, -0.1) is 0 Å². The van der Waals surface area contributed by atoms with Crippen molar-refractivity contribution in [2.24, 2.45) is 0 Å². The molecule has 8 nitrogen and oxygen atoms in total. The van der Waals surface area contributed by atoms with Gasteiger partial charge in [0, 0.05) is 18.7 Å². The topological polar surface area (TPSA) is 97.7 Å². The monoisotopic (exact) mass is 469 g/mol. The summed E-state index contributed by atoms with van der Waals surface area (Å²) in [5.41, 5.74) is 2.57. The molecular weight excluding hydrogens is 438 g/mol. The molecule has 182 valence electrons. The molecule has 8 heteroatoms. The van der Waals surface area contributed by atoms with Gasteiger partial charge in [-0.3, -0.25) is 4.79 Å². The fourth-order valence-corrected chi connectivity index (χ4v) is 4.03. The number of phenols is 1. The quantitative estimate of drug-likeness (QED) is 0.425. The van der Waals surface area contributed by atoms with E-state index in [0.717, 1.165) is 18.7 Å². The second-order valence-electron chi connectivity index (χ2n) is 7.89. The maximum atomic E-state index is 13.2. The van der Waals surface area contributed by atoms with E-state index in [9.17, 15) is 15.0 Å². The fraction of sp³-hybridized carbons (Fsp3) is 0.346. The lowest BCUT2D eigenvalue weighted by Crippen LogP contribution is -2.24. The number of rotatable bonds is 9. The smallest absolute Gasteiger partial charge is 0.203 e. The van der Waals surface area contributed by atoms with Gasteiger partial charge in [0.1, 0.15) is 17.1 Å². The first-order valence-electron chi connectivity index (χ1n) is 10.8. The predicted octanol–water partition coefficient (Wildman–Crippen LogP) is 3.53. The maximum Gasteiger partial charge on any atom is 0.203 e. The summed E-state index contributed by atoms with van der Waals surface area (Å²) in [5, 5.41) is 21.1. The Bertz CT molecular complexity index is 1100. The zero-order valence-electron chi connectivity index (χ0n) is 20.2. The molecule has 1 heterocycles. The normalized spacial score (nSPS) is 14.1. The Kier molecular flexibility index (Phi) is 8.20. The van der Waals surface area contributed by atoms with E-state index in [1.54, 1.807) is 24.3 Å². The lowest BCUT2D eigenvalue weighted by Gasteiger charge is -2.25. The van der Waals surface area contributed by atoms with Gasteiger partial charge < -0.3 is 34.1 Å². The molecule has 0 atom stereocenters.